The van der Waals surface area contributed by atoms with Crippen molar-refractivity contribution in [3.8, 4) is 0 Å². The van der Waals surface area contributed by atoms with Crippen molar-refractivity contribution in [3.05, 3.63) is 17.0 Å². The Kier molecular flexibility index (Phi) is 3.16. The molecule has 3 aliphatic rings. The van der Waals surface area contributed by atoms with Crippen LogP contribution in [0.3, 0.4) is 0 Å². The molecule has 1 amide bonds. The van der Waals surface area contributed by atoms with Crippen LogP contribution in [0, 0.1) is 11.8 Å². The lowest BCUT2D eigenvalue weighted by Gasteiger charge is -2.53. The molecule has 0 bridgehead atoms. The number of hydrogen-bond acceptors (Lipinski definition) is 4. The van der Waals surface area contributed by atoms with Gasteiger partial charge in [-0.25, -0.2) is 0 Å². The fourth-order valence-corrected chi connectivity index (χ4v) is 5.32. The topological polar surface area (TPSA) is 79.4 Å². The van der Waals surface area contributed by atoms with Gasteiger partial charge < -0.3 is 15.2 Å². The quantitative estimate of drug-likeness (QED) is 0.851. The number of ether oxygens (including phenoxy) is 2. The first-order valence-corrected chi connectivity index (χ1v) is 8.53. The second-order valence-electron chi connectivity index (χ2n) is 7.52. The van der Waals surface area contributed by atoms with Crippen LogP contribution in [0.5, 0.6) is 0 Å². The predicted octanol–water partition coefficient (Wildman–Crippen LogP) is 1.51. The third-order valence-corrected chi connectivity index (χ3v) is 6.51. The summed E-state index contributed by atoms with van der Waals surface area (Å²) < 4.78 is 13.7. The van der Waals surface area contributed by atoms with Gasteiger partial charge in [0, 0.05) is 30.4 Å². The molecule has 23 heavy (non-hydrogen) atoms. The number of aryl methyl sites for hydroxylation is 1. The molecular weight excluding hydrogens is 294 g/mol. The second kappa shape index (κ2) is 4.80. The molecule has 3 atom stereocenters. The minimum Gasteiger partial charge on any atom is -0.364 e. The lowest BCUT2D eigenvalue weighted by molar-refractivity contribution is -0.234. The molecule has 126 valence electrons. The number of carbonyl (C=O) groups excluding carboxylic acids is 1. The van der Waals surface area contributed by atoms with E-state index in [9.17, 15) is 4.79 Å². The minimum atomic E-state index is -0.414. The van der Waals surface area contributed by atoms with E-state index in [4.69, 9.17) is 20.3 Å². The summed E-state index contributed by atoms with van der Waals surface area (Å²) in [6, 6.07) is 0. The molecule has 1 unspecified atom stereocenters. The van der Waals surface area contributed by atoms with Crippen molar-refractivity contribution in [3.63, 3.8) is 0 Å². The normalized spacial score (nSPS) is 35.1. The Balaban J connectivity index is 1.77. The lowest BCUT2D eigenvalue weighted by Crippen LogP contribution is -2.55. The Morgan fingerprint density at radius 3 is 2.70 bits per heavy atom. The van der Waals surface area contributed by atoms with E-state index in [1.165, 1.54) is 0 Å². The number of primary amides is 1. The molecule has 1 saturated heterocycles. The highest BCUT2D eigenvalue weighted by atomic mass is 16.7. The van der Waals surface area contributed by atoms with Gasteiger partial charge in [0.05, 0.1) is 18.9 Å². The maximum absolute atomic E-state index is 11.8. The number of amides is 1. The van der Waals surface area contributed by atoms with Crippen LogP contribution in [0.2, 0.25) is 0 Å². The second-order valence-corrected chi connectivity index (χ2v) is 7.52. The van der Waals surface area contributed by atoms with Gasteiger partial charge in [-0.15, -0.1) is 0 Å². The molecule has 0 aromatic carbocycles. The van der Waals surface area contributed by atoms with Crippen LogP contribution in [-0.2, 0) is 28.4 Å². The first-order valence-electron chi connectivity index (χ1n) is 8.53. The highest BCUT2D eigenvalue weighted by Crippen LogP contribution is 2.56. The van der Waals surface area contributed by atoms with Crippen molar-refractivity contribution in [1.29, 1.82) is 0 Å². The molecule has 2 heterocycles. The average Bonchev–Trinajstić information content (AvgIpc) is 3.09. The minimum absolute atomic E-state index is 0.0426. The summed E-state index contributed by atoms with van der Waals surface area (Å²) in [7, 11) is 1.81. The van der Waals surface area contributed by atoms with Gasteiger partial charge in [0.1, 0.15) is 5.69 Å². The monoisotopic (exact) mass is 319 g/mol. The summed E-state index contributed by atoms with van der Waals surface area (Å²) in [5.41, 5.74) is 8.21. The Morgan fingerprint density at radius 1 is 1.35 bits per heavy atom. The van der Waals surface area contributed by atoms with Crippen molar-refractivity contribution in [2.45, 2.75) is 50.7 Å². The van der Waals surface area contributed by atoms with E-state index in [0.29, 0.717) is 30.7 Å². The molecule has 1 aromatic rings. The molecular formula is C17H25N3O3. The van der Waals surface area contributed by atoms with Gasteiger partial charge in [-0.3, -0.25) is 9.48 Å². The van der Waals surface area contributed by atoms with Crippen molar-refractivity contribution in [2.24, 2.45) is 24.6 Å². The fraction of sp³-hybridized carbons (Fsp3) is 0.765. The van der Waals surface area contributed by atoms with Crippen LogP contribution >= 0.6 is 0 Å². The third-order valence-electron chi connectivity index (χ3n) is 6.51. The van der Waals surface area contributed by atoms with Gasteiger partial charge in [0.25, 0.3) is 5.91 Å². The number of aromatic nitrogens is 2. The Hall–Kier alpha value is -1.40. The van der Waals surface area contributed by atoms with Gasteiger partial charge in [0.15, 0.2) is 5.79 Å². The maximum atomic E-state index is 11.8. The number of nitrogens with two attached hydrogens (primary N) is 1. The van der Waals surface area contributed by atoms with E-state index in [0.717, 1.165) is 36.9 Å². The Morgan fingerprint density at radius 2 is 2.04 bits per heavy atom. The van der Waals surface area contributed by atoms with Crippen LogP contribution in [-0.4, -0.2) is 34.7 Å². The molecule has 1 spiro atoms. The van der Waals surface area contributed by atoms with Gasteiger partial charge >= 0.3 is 0 Å². The Bertz CT molecular complexity index is 662. The van der Waals surface area contributed by atoms with Crippen LogP contribution in [0.1, 0.15) is 54.9 Å². The van der Waals surface area contributed by atoms with Crippen molar-refractivity contribution in [1.82, 2.24) is 9.78 Å². The van der Waals surface area contributed by atoms with Gasteiger partial charge in [-0.1, -0.05) is 13.8 Å². The van der Waals surface area contributed by atoms with Crippen LogP contribution in [0.15, 0.2) is 0 Å². The molecule has 1 aromatic heterocycles. The zero-order chi connectivity index (χ0) is 16.4. The number of carbonyl (C=O) groups is 1. The summed E-state index contributed by atoms with van der Waals surface area (Å²) in [6.45, 7) is 5.91. The molecule has 1 aliphatic heterocycles. The first-order chi connectivity index (χ1) is 10.9. The molecule has 1 saturated carbocycles. The van der Waals surface area contributed by atoms with Gasteiger partial charge in [-0.2, -0.15) is 5.10 Å². The van der Waals surface area contributed by atoms with Crippen LogP contribution in [0.25, 0.3) is 0 Å². The first kappa shape index (κ1) is 15.1. The third kappa shape index (κ3) is 1.88. The van der Waals surface area contributed by atoms with Gasteiger partial charge in [0.2, 0.25) is 0 Å². The van der Waals surface area contributed by atoms with Crippen LogP contribution < -0.4 is 5.73 Å². The molecule has 6 nitrogen and oxygen atoms in total. The zero-order valence-corrected chi connectivity index (χ0v) is 14.1. The number of rotatable bonds is 1. The van der Waals surface area contributed by atoms with Crippen molar-refractivity contribution < 1.29 is 14.3 Å². The smallest absolute Gasteiger partial charge is 0.267 e. The lowest BCUT2D eigenvalue weighted by atomic mass is 9.55. The number of fused-ring (bicyclic) bond motifs is 3. The number of nitrogens with zero attached hydrogens (tertiary/aromatic N) is 2. The summed E-state index contributed by atoms with van der Waals surface area (Å²) in [5.74, 6) is -0.0392. The van der Waals surface area contributed by atoms with E-state index >= 15 is 0 Å². The molecule has 2 fully saturated rings. The number of hydrogen-bond donors (Lipinski definition) is 1. The van der Waals surface area contributed by atoms with Crippen molar-refractivity contribution in [2.75, 3.05) is 13.2 Å². The van der Waals surface area contributed by atoms with E-state index < -0.39 is 5.79 Å². The summed E-state index contributed by atoms with van der Waals surface area (Å²) in [6.07, 6.45) is 3.71. The highest BCUT2D eigenvalue weighted by molar-refractivity contribution is 5.93. The molecule has 6 heteroatoms. The average molecular weight is 319 g/mol. The molecule has 4 rings (SSSR count). The van der Waals surface area contributed by atoms with E-state index in [1.807, 2.05) is 7.05 Å². The van der Waals surface area contributed by atoms with Gasteiger partial charge in [-0.05, 0) is 25.2 Å². The standard InChI is InChI=1S/C17H25N3O3/c1-10-12-5-4-11-13(15(18)21)20(3)19-14(11)16(12,2)6-7-17(10)22-8-9-23-17/h10,12H,4-9H2,1-3H3,(H2,18,21)/t10-,12-,16?/m0/s1. The predicted molar refractivity (Wildman–Crippen MR) is 83.9 cm³/mol. The SMILES string of the molecule is C[C@H]1[C@@H]2CCc3c(nn(C)c3C(N)=O)C2(C)CCC12OCCO2. The van der Waals surface area contributed by atoms with E-state index in [-0.39, 0.29) is 11.3 Å². The zero-order valence-electron chi connectivity index (χ0n) is 14.1. The van der Waals surface area contributed by atoms with Crippen LogP contribution in [0.4, 0.5) is 0 Å². The largest absolute Gasteiger partial charge is 0.364 e. The molecule has 0 radical (unpaired) electrons. The van der Waals surface area contributed by atoms with E-state index in [1.54, 1.807) is 4.68 Å². The van der Waals surface area contributed by atoms with E-state index in [2.05, 4.69) is 13.8 Å². The summed E-state index contributed by atoms with van der Waals surface area (Å²) in [4.78, 5) is 11.8. The summed E-state index contributed by atoms with van der Waals surface area (Å²) >= 11 is 0. The van der Waals surface area contributed by atoms with Crippen molar-refractivity contribution >= 4 is 5.91 Å². The maximum Gasteiger partial charge on any atom is 0.267 e. The Labute approximate surface area is 136 Å². The molecule has 2 N–H and O–H groups in total. The highest BCUT2D eigenvalue weighted by Gasteiger charge is 2.58. The summed E-state index contributed by atoms with van der Waals surface area (Å²) in [5, 5.41) is 4.71. The fourth-order valence-electron chi connectivity index (χ4n) is 5.32. The molecule has 2 aliphatic carbocycles.